The van der Waals surface area contributed by atoms with Crippen molar-refractivity contribution in [2.24, 2.45) is 0 Å². The van der Waals surface area contributed by atoms with E-state index in [0.29, 0.717) is 16.8 Å². The minimum Gasteiger partial charge on any atom is -0.350 e. The molecule has 0 saturated carbocycles. The summed E-state index contributed by atoms with van der Waals surface area (Å²) in [6, 6.07) is 10.5. The summed E-state index contributed by atoms with van der Waals surface area (Å²) in [6.45, 7) is 6.31. The number of anilines is 1. The van der Waals surface area contributed by atoms with E-state index in [9.17, 15) is 31.2 Å². The Hall–Kier alpha value is -2.79. The van der Waals surface area contributed by atoms with Crippen LogP contribution in [0.4, 0.5) is 18.9 Å². The van der Waals surface area contributed by atoms with Crippen molar-refractivity contribution in [3.05, 3.63) is 64.7 Å². The molecule has 1 N–H and O–H groups in total. The van der Waals surface area contributed by atoms with E-state index in [1.807, 2.05) is 30.3 Å². The zero-order chi connectivity index (χ0) is 28.9. The molecule has 0 bridgehead atoms. The van der Waals surface area contributed by atoms with Crippen LogP contribution in [0.15, 0.2) is 48.5 Å². The number of hydrogen-bond donors (Lipinski definition) is 1. The maximum atomic E-state index is 13.6. The molecule has 0 saturated heterocycles. The van der Waals surface area contributed by atoms with Crippen LogP contribution in [-0.2, 0) is 32.2 Å². The van der Waals surface area contributed by atoms with E-state index < -0.39 is 57.4 Å². The van der Waals surface area contributed by atoms with Crippen LogP contribution < -0.4 is 9.62 Å². The van der Waals surface area contributed by atoms with E-state index in [1.54, 1.807) is 27.7 Å². The first-order valence-electron chi connectivity index (χ1n) is 11.9. The number of carbonyl (C=O) groups is 2. The number of sulfonamides is 1. The zero-order valence-corrected chi connectivity index (χ0v) is 23.5. The van der Waals surface area contributed by atoms with Gasteiger partial charge in [-0.1, -0.05) is 48.9 Å². The summed E-state index contributed by atoms with van der Waals surface area (Å²) in [6.07, 6.45) is -3.39. The molecule has 0 radical (unpaired) electrons. The number of rotatable bonds is 10. The first-order chi connectivity index (χ1) is 17.4. The van der Waals surface area contributed by atoms with Crippen molar-refractivity contribution in [1.82, 2.24) is 10.2 Å². The summed E-state index contributed by atoms with van der Waals surface area (Å²) in [4.78, 5) is 28.0. The molecule has 0 aliphatic heterocycles. The highest BCUT2D eigenvalue weighted by Gasteiger charge is 2.35. The van der Waals surface area contributed by atoms with Gasteiger partial charge in [-0.05, 0) is 57.4 Å². The van der Waals surface area contributed by atoms with Crippen molar-refractivity contribution >= 4 is 39.1 Å². The lowest BCUT2D eigenvalue weighted by molar-refractivity contribution is -0.140. The molecule has 0 aromatic heterocycles. The van der Waals surface area contributed by atoms with Crippen LogP contribution in [-0.4, -0.2) is 56.1 Å². The number of hydrogen-bond acceptors (Lipinski definition) is 4. The second kappa shape index (κ2) is 12.4. The minimum absolute atomic E-state index is 0.0762. The van der Waals surface area contributed by atoms with E-state index in [0.717, 1.165) is 24.0 Å². The Morgan fingerprint density at radius 3 is 2.16 bits per heavy atom. The van der Waals surface area contributed by atoms with E-state index in [-0.39, 0.29) is 18.0 Å². The van der Waals surface area contributed by atoms with Crippen LogP contribution in [0, 0.1) is 0 Å². The normalized spacial score (nSPS) is 13.1. The molecule has 0 fully saturated rings. The van der Waals surface area contributed by atoms with Crippen molar-refractivity contribution in [3.8, 4) is 0 Å². The average Bonchev–Trinajstić information content (AvgIpc) is 2.78. The first kappa shape index (κ1) is 31.4. The minimum atomic E-state index is -4.76. The molecule has 7 nitrogen and oxygen atoms in total. The molecule has 38 heavy (non-hydrogen) atoms. The van der Waals surface area contributed by atoms with Crippen molar-refractivity contribution < 1.29 is 31.2 Å². The third kappa shape index (κ3) is 8.90. The molecule has 1 unspecified atom stereocenters. The lowest BCUT2D eigenvalue weighted by Gasteiger charge is -2.34. The lowest BCUT2D eigenvalue weighted by Crippen LogP contribution is -2.56. The Bertz CT molecular complexity index is 1230. The number of halogens is 4. The van der Waals surface area contributed by atoms with E-state index in [2.05, 4.69) is 5.32 Å². The summed E-state index contributed by atoms with van der Waals surface area (Å²) in [5, 5.41) is 2.57. The predicted octanol–water partition coefficient (Wildman–Crippen LogP) is 4.89. The molecule has 2 amide bonds. The van der Waals surface area contributed by atoms with Crippen LogP contribution in [0.1, 0.15) is 45.2 Å². The summed E-state index contributed by atoms with van der Waals surface area (Å²) in [5.41, 5.74) is -1.30. The molecule has 2 rings (SSSR count). The third-order valence-electron chi connectivity index (χ3n) is 5.59. The predicted molar refractivity (Wildman–Crippen MR) is 142 cm³/mol. The monoisotopic (exact) mass is 575 g/mol. The number of nitrogens with zero attached hydrogens (tertiary/aromatic N) is 2. The molecule has 210 valence electrons. The van der Waals surface area contributed by atoms with Crippen LogP contribution in [0.3, 0.4) is 0 Å². The summed E-state index contributed by atoms with van der Waals surface area (Å²) >= 11 is 6.10. The van der Waals surface area contributed by atoms with Crippen LogP contribution >= 0.6 is 11.6 Å². The van der Waals surface area contributed by atoms with Gasteiger partial charge >= 0.3 is 6.18 Å². The van der Waals surface area contributed by atoms with Crippen LogP contribution in [0.25, 0.3) is 0 Å². The standard InChI is InChI=1S/C26H33ClF3N3O4S/c1-6-21(24(35)31-25(2,3)4)32(15-14-18-10-8-7-9-11-18)23(34)17-33(38(5,36)37)22-16-19(26(28,29)30)12-13-20(22)27/h7-13,16,21H,6,14-15,17H2,1-5H3,(H,31,35). The van der Waals surface area contributed by atoms with Crippen molar-refractivity contribution in [3.63, 3.8) is 0 Å². The van der Waals surface area contributed by atoms with E-state index in [1.165, 1.54) is 4.90 Å². The molecule has 12 heteroatoms. The van der Waals surface area contributed by atoms with E-state index in [4.69, 9.17) is 11.6 Å². The summed E-state index contributed by atoms with van der Waals surface area (Å²) in [7, 11) is -4.25. The van der Waals surface area contributed by atoms with Crippen molar-refractivity contribution in [1.29, 1.82) is 0 Å². The highest BCUT2D eigenvalue weighted by Crippen LogP contribution is 2.36. The van der Waals surface area contributed by atoms with Gasteiger partial charge in [0.15, 0.2) is 0 Å². The molecular weight excluding hydrogens is 543 g/mol. The van der Waals surface area contributed by atoms with Crippen molar-refractivity contribution in [2.75, 3.05) is 23.7 Å². The molecular formula is C26H33ClF3N3O4S. The molecule has 2 aromatic rings. The van der Waals surface area contributed by atoms with Crippen LogP contribution in [0.2, 0.25) is 5.02 Å². The number of carbonyl (C=O) groups excluding carboxylic acids is 2. The molecule has 0 spiro atoms. The van der Waals surface area contributed by atoms with E-state index >= 15 is 0 Å². The van der Waals surface area contributed by atoms with Gasteiger partial charge in [-0.2, -0.15) is 13.2 Å². The Balaban J connectivity index is 2.49. The average molecular weight is 576 g/mol. The van der Waals surface area contributed by atoms with Gasteiger partial charge < -0.3 is 10.2 Å². The number of amides is 2. The highest BCUT2D eigenvalue weighted by atomic mass is 35.5. The fraction of sp³-hybridized carbons (Fsp3) is 0.462. The van der Waals surface area contributed by atoms with Gasteiger partial charge in [-0.25, -0.2) is 8.42 Å². The third-order valence-corrected chi connectivity index (χ3v) is 7.04. The smallest absolute Gasteiger partial charge is 0.350 e. The molecule has 0 aliphatic rings. The Kier molecular flexibility index (Phi) is 10.2. The number of benzene rings is 2. The fourth-order valence-corrected chi connectivity index (χ4v) is 4.95. The topological polar surface area (TPSA) is 86.8 Å². The SMILES string of the molecule is CCC(C(=O)NC(C)(C)C)N(CCc1ccccc1)C(=O)CN(c1cc(C(F)(F)F)ccc1Cl)S(C)(=O)=O. The van der Waals surface area contributed by atoms with Gasteiger partial charge in [-0.15, -0.1) is 0 Å². The van der Waals surface area contributed by atoms with Gasteiger partial charge in [0.1, 0.15) is 12.6 Å². The maximum Gasteiger partial charge on any atom is 0.416 e. The Morgan fingerprint density at radius 2 is 1.66 bits per heavy atom. The fourth-order valence-electron chi connectivity index (χ4n) is 3.82. The highest BCUT2D eigenvalue weighted by molar-refractivity contribution is 7.92. The Labute approximate surface area is 227 Å². The Morgan fingerprint density at radius 1 is 1.05 bits per heavy atom. The maximum absolute atomic E-state index is 13.6. The summed E-state index contributed by atoms with van der Waals surface area (Å²) in [5.74, 6) is -1.18. The zero-order valence-electron chi connectivity index (χ0n) is 22.0. The van der Waals surface area contributed by atoms with Gasteiger partial charge in [0.2, 0.25) is 21.8 Å². The largest absolute Gasteiger partial charge is 0.416 e. The summed E-state index contributed by atoms with van der Waals surface area (Å²) < 4.78 is 66.0. The molecule has 0 heterocycles. The quantitative estimate of drug-likeness (QED) is 0.437. The number of alkyl halides is 3. The van der Waals surface area contributed by atoms with Crippen molar-refractivity contribution in [2.45, 2.75) is 58.3 Å². The number of nitrogens with one attached hydrogen (secondary N) is 1. The second-order valence-corrected chi connectivity index (χ2v) is 12.2. The lowest BCUT2D eigenvalue weighted by atomic mass is 10.1. The van der Waals surface area contributed by atoms with Gasteiger partial charge in [0.05, 0.1) is 22.5 Å². The molecule has 0 aliphatic carbocycles. The molecule has 1 atom stereocenters. The van der Waals surface area contributed by atoms with Crippen LogP contribution in [0.5, 0.6) is 0 Å². The van der Waals surface area contributed by atoms with Gasteiger partial charge in [-0.3, -0.25) is 13.9 Å². The van der Waals surface area contributed by atoms with Gasteiger partial charge in [0.25, 0.3) is 0 Å². The van der Waals surface area contributed by atoms with Gasteiger partial charge in [0, 0.05) is 12.1 Å². The molecule has 2 aromatic carbocycles. The second-order valence-electron chi connectivity index (χ2n) is 9.92. The first-order valence-corrected chi connectivity index (χ1v) is 14.2.